The Morgan fingerprint density at radius 3 is 3.11 bits per heavy atom. The highest BCUT2D eigenvalue weighted by atomic mass is 16.5. The maximum absolute atomic E-state index is 5.40. The first-order valence-electron chi connectivity index (χ1n) is 7.03. The molecule has 4 nitrogen and oxygen atoms in total. The van der Waals surface area contributed by atoms with Crippen molar-refractivity contribution in [3.05, 3.63) is 17.5 Å². The molecule has 0 aliphatic carbocycles. The zero-order chi connectivity index (χ0) is 13.0. The molecule has 4 heteroatoms. The number of rotatable bonds is 5. The van der Waals surface area contributed by atoms with Crippen LogP contribution in [0.1, 0.15) is 45.1 Å². The number of nitrogens with one attached hydrogen (secondary N) is 1. The summed E-state index contributed by atoms with van der Waals surface area (Å²) in [5, 5.41) is 7.46. The van der Waals surface area contributed by atoms with E-state index in [9.17, 15) is 0 Å². The minimum atomic E-state index is 0.480. The number of hydrogen-bond acceptors (Lipinski definition) is 4. The fourth-order valence-corrected chi connectivity index (χ4v) is 2.47. The second-order valence-corrected chi connectivity index (χ2v) is 5.80. The Kier molecular flexibility index (Phi) is 4.78. The Morgan fingerprint density at radius 1 is 1.56 bits per heavy atom. The van der Waals surface area contributed by atoms with Crippen molar-refractivity contribution >= 4 is 0 Å². The number of piperidine rings is 1. The summed E-state index contributed by atoms with van der Waals surface area (Å²) in [6.45, 7) is 10.7. The summed E-state index contributed by atoms with van der Waals surface area (Å²) in [6.07, 6.45) is 2.66. The third-order valence-corrected chi connectivity index (χ3v) is 3.42. The van der Waals surface area contributed by atoms with Crippen molar-refractivity contribution in [2.75, 3.05) is 13.1 Å². The summed E-state index contributed by atoms with van der Waals surface area (Å²) in [4.78, 5) is 2.47. The SMILES string of the molecule is CC1CCCN(Cc2cc(CNC(C)C)no2)C1. The van der Waals surface area contributed by atoms with E-state index in [0.29, 0.717) is 6.04 Å². The molecule has 1 fully saturated rings. The van der Waals surface area contributed by atoms with Crippen molar-refractivity contribution in [2.45, 2.75) is 52.7 Å². The van der Waals surface area contributed by atoms with E-state index in [4.69, 9.17) is 4.52 Å². The van der Waals surface area contributed by atoms with E-state index in [1.54, 1.807) is 0 Å². The van der Waals surface area contributed by atoms with Crippen LogP contribution in [0.25, 0.3) is 0 Å². The molecule has 0 spiro atoms. The summed E-state index contributed by atoms with van der Waals surface area (Å²) in [5.41, 5.74) is 1.00. The Morgan fingerprint density at radius 2 is 2.39 bits per heavy atom. The van der Waals surface area contributed by atoms with Crippen LogP contribution in [0.2, 0.25) is 0 Å². The Bertz CT molecular complexity index is 362. The molecule has 1 aromatic rings. The molecule has 1 N–H and O–H groups in total. The van der Waals surface area contributed by atoms with Crippen molar-refractivity contribution in [3.8, 4) is 0 Å². The number of likely N-dealkylation sites (tertiary alicyclic amines) is 1. The average Bonchev–Trinajstić information content (AvgIpc) is 2.74. The molecule has 1 aromatic heterocycles. The predicted octanol–water partition coefficient (Wildman–Crippen LogP) is 2.40. The molecule has 102 valence electrons. The average molecular weight is 251 g/mol. The zero-order valence-electron chi connectivity index (χ0n) is 11.8. The molecule has 0 aromatic carbocycles. The normalized spacial score (nSPS) is 21.7. The van der Waals surface area contributed by atoms with E-state index < -0.39 is 0 Å². The van der Waals surface area contributed by atoms with Gasteiger partial charge < -0.3 is 9.84 Å². The largest absolute Gasteiger partial charge is 0.360 e. The Labute approximate surface area is 110 Å². The highest BCUT2D eigenvalue weighted by Crippen LogP contribution is 2.18. The van der Waals surface area contributed by atoms with Crippen LogP contribution >= 0.6 is 0 Å². The lowest BCUT2D eigenvalue weighted by atomic mass is 10.0. The van der Waals surface area contributed by atoms with Gasteiger partial charge in [0.15, 0.2) is 5.76 Å². The fourth-order valence-electron chi connectivity index (χ4n) is 2.47. The number of nitrogens with zero attached hydrogens (tertiary/aromatic N) is 2. The standard InChI is InChI=1S/C14H25N3O/c1-11(2)15-8-13-7-14(18-16-13)10-17-6-4-5-12(3)9-17/h7,11-12,15H,4-6,8-10H2,1-3H3. The van der Waals surface area contributed by atoms with Gasteiger partial charge in [0.05, 0.1) is 12.2 Å². The first kappa shape index (κ1) is 13.6. The van der Waals surface area contributed by atoms with Crippen LogP contribution < -0.4 is 5.32 Å². The van der Waals surface area contributed by atoms with Gasteiger partial charge in [-0.1, -0.05) is 25.9 Å². The minimum Gasteiger partial charge on any atom is -0.360 e. The van der Waals surface area contributed by atoms with Gasteiger partial charge in [0, 0.05) is 25.2 Å². The molecule has 1 aliphatic rings. The predicted molar refractivity (Wildman–Crippen MR) is 72.2 cm³/mol. The van der Waals surface area contributed by atoms with Gasteiger partial charge in [-0.05, 0) is 25.3 Å². The molecular weight excluding hydrogens is 226 g/mol. The molecule has 2 rings (SSSR count). The molecule has 1 saturated heterocycles. The lowest BCUT2D eigenvalue weighted by Gasteiger charge is -2.29. The second-order valence-electron chi connectivity index (χ2n) is 5.80. The molecule has 0 amide bonds. The Balaban J connectivity index is 1.82. The Hall–Kier alpha value is -0.870. The van der Waals surface area contributed by atoms with Crippen LogP contribution in [0, 0.1) is 5.92 Å². The van der Waals surface area contributed by atoms with Crippen molar-refractivity contribution in [1.29, 1.82) is 0 Å². The monoisotopic (exact) mass is 251 g/mol. The fraction of sp³-hybridized carbons (Fsp3) is 0.786. The molecule has 1 aliphatic heterocycles. The van der Waals surface area contributed by atoms with Crippen LogP contribution in [0.15, 0.2) is 10.6 Å². The molecule has 2 heterocycles. The topological polar surface area (TPSA) is 41.3 Å². The van der Waals surface area contributed by atoms with Gasteiger partial charge in [0.1, 0.15) is 0 Å². The van der Waals surface area contributed by atoms with Gasteiger partial charge >= 0.3 is 0 Å². The molecular formula is C14H25N3O. The maximum Gasteiger partial charge on any atom is 0.151 e. The van der Waals surface area contributed by atoms with E-state index in [2.05, 4.69) is 42.2 Å². The van der Waals surface area contributed by atoms with Crippen LogP contribution in [0.3, 0.4) is 0 Å². The smallest absolute Gasteiger partial charge is 0.151 e. The summed E-state index contributed by atoms with van der Waals surface area (Å²) < 4.78 is 5.40. The number of aromatic nitrogens is 1. The van der Waals surface area contributed by atoms with E-state index in [-0.39, 0.29) is 0 Å². The minimum absolute atomic E-state index is 0.480. The third kappa shape index (κ3) is 4.10. The van der Waals surface area contributed by atoms with Crippen molar-refractivity contribution in [2.24, 2.45) is 5.92 Å². The van der Waals surface area contributed by atoms with E-state index in [1.165, 1.54) is 25.9 Å². The molecule has 18 heavy (non-hydrogen) atoms. The van der Waals surface area contributed by atoms with E-state index in [0.717, 1.165) is 30.5 Å². The summed E-state index contributed by atoms with van der Waals surface area (Å²) >= 11 is 0. The van der Waals surface area contributed by atoms with Crippen LogP contribution in [0.4, 0.5) is 0 Å². The molecule has 0 saturated carbocycles. The third-order valence-electron chi connectivity index (χ3n) is 3.42. The lowest BCUT2D eigenvalue weighted by Crippen LogP contribution is -2.33. The maximum atomic E-state index is 5.40. The summed E-state index contributed by atoms with van der Waals surface area (Å²) in [5.74, 6) is 1.80. The quantitative estimate of drug-likeness (QED) is 0.872. The highest BCUT2D eigenvalue weighted by Gasteiger charge is 2.17. The van der Waals surface area contributed by atoms with Gasteiger partial charge in [-0.2, -0.15) is 0 Å². The van der Waals surface area contributed by atoms with Gasteiger partial charge in [-0.25, -0.2) is 0 Å². The van der Waals surface area contributed by atoms with E-state index >= 15 is 0 Å². The van der Waals surface area contributed by atoms with E-state index in [1.807, 2.05) is 0 Å². The van der Waals surface area contributed by atoms with Crippen LogP contribution in [0.5, 0.6) is 0 Å². The van der Waals surface area contributed by atoms with Crippen molar-refractivity contribution in [3.63, 3.8) is 0 Å². The van der Waals surface area contributed by atoms with Gasteiger partial charge in [-0.15, -0.1) is 0 Å². The molecule has 0 bridgehead atoms. The summed E-state index contributed by atoms with van der Waals surface area (Å²) in [7, 11) is 0. The summed E-state index contributed by atoms with van der Waals surface area (Å²) in [6, 6.07) is 2.56. The highest BCUT2D eigenvalue weighted by molar-refractivity contribution is 5.05. The zero-order valence-corrected chi connectivity index (χ0v) is 11.8. The molecule has 1 unspecified atom stereocenters. The van der Waals surface area contributed by atoms with Crippen molar-refractivity contribution < 1.29 is 4.52 Å². The van der Waals surface area contributed by atoms with Crippen molar-refractivity contribution in [1.82, 2.24) is 15.4 Å². The molecule has 0 radical (unpaired) electrons. The second kappa shape index (κ2) is 6.34. The van der Waals surface area contributed by atoms with Gasteiger partial charge in [-0.3, -0.25) is 4.90 Å². The van der Waals surface area contributed by atoms with Crippen LogP contribution in [-0.4, -0.2) is 29.2 Å². The van der Waals surface area contributed by atoms with Crippen LogP contribution in [-0.2, 0) is 13.1 Å². The first-order valence-corrected chi connectivity index (χ1v) is 7.03. The first-order chi connectivity index (χ1) is 8.63. The lowest BCUT2D eigenvalue weighted by molar-refractivity contribution is 0.160. The molecule has 1 atom stereocenters. The van der Waals surface area contributed by atoms with Gasteiger partial charge in [0.25, 0.3) is 0 Å². The number of hydrogen-bond donors (Lipinski definition) is 1. The van der Waals surface area contributed by atoms with Gasteiger partial charge in [0.2, 0.25) is 0 Å².